The Bertz CT molecular complexity index is 1480. The molecule has 7 nitrogen and oxygen atoms in total. The van der Waals surface area contributed by atoms with E-state index in [2.05, 4.69) is 5.32 Å². The number of aliphatic hydroxyl groups is 3. The fourth-order valence-corrected chi connectivity index (χ4v) is 9.38. The van der Waals surface area contributed by atoms with Gasteiger partial charge < -0.3 is 20.6 Å². The molecule has 2 aliphatic carbocycles. The highest BCUT2D eigenvalue weighted by Crippen LogP contribution is 2.75. The van der Waals surface area contributed by atoms with Crippen LogP contribution in [0.15, 0.2) is 35.2 Å². The number of hydrogen-bond acceptors (Lipinski definition) is 6. The lowest BCUT2D eigenvalue weighted by molar-refractivity contribution is -0.176. The van der Waals surface area contributed by atoms with Gasteiger partial charge in [0.05, 0.1) is 37.3 Å². The van der Waals surface area contributed by atoms with Gasteiger partial charge in [-0.2, -0.15) is 0 Å². The van der Waals surface area contributed by atoms with E-state index in [1.807, 2.05) is 30.5 Å². The van der Waals surface area contributed by atoms with Crippen molar-refractivity contribution in [2.24, 2.45) is 11.8 Å². The quantitative estimate of drug-likeness (QED) is 0.267. The second-order valence-corrected chi connectivity index (χ2v) is 15.7. The minimum atomic E-state index is -4.30. The van der Waals surface area contributed by atoms with Gasteiger partial charge in [-0.25, -0.2) is 21.6 Å². The van der Waals surface area contributed by atoms with Gasteiger partial charge >= 0.3 is 0 Å². The molecule has 2 aliphatic rings. The van der Waals surface area contributed by atoms with Crippen molar-refractivity contribution in [1.29, 1.82) is 0 Å². The number of amides is 1. The summed E-state index contributed by atoms with van der Waals surface area (Å²) in [5.74, 6) is -7.09. The summed E-state index contributed by atoms with van der Waals surface area (Å²) in [4.78, 5) is 12.6. The third kappa shape index (κ3) is 4.67. The molecule has 0 aliphatic heterocycles. The number of benzene rings is 2. The maximum atomic E-state index is 14.3. The summed E-state index contributed by atoms with van der Waals surface area (Å²) >= 11 is 6.36. The predicted octanol–water partition coefficient (Wildman–Crippen LogP) is -0.181. The number of hydrogen-bond donors (Lipinski definition) is 4. The maximum Gasteiger partial charge on any atom is 0.255 e. The first kappa shape index (κ1) is 32.0. The normalized spacial score (nSPS) is 32.3. The highest BCUT2D eigenvalue weighted by atomic mass is 35.5. The molecule has 41 heavy (non-hydrogen) atoms. The van der Waals surface area contributed by atoms with Crippen LogP contribution in [-0.2, 0) is 9.84 Å². The molecule has 1 amide bonds. The van der Waals surface area contributed by atoms with Gasteiger partial charge in [-0.05, 0) is 49.8 Å². The Hall–Kier alpha value is -1.92. The molecule has 0 aromatic heterocycles. The molecule has 3 unspecified atom stereocenters. The Kier molecular flexibility index (Phi) is 7.87. The van der Waals surface area contributed by atoms with Crippen LogP contribution in [0.4, 0.5) is 18.9 Å². The largest absolute Gasteiger partial charge is 0.391 e. The zero-order chi connectivity index (χ0) is 31.1. The molecule has 4 N–H and O–H groups in total. The number of halogens is 4. The van der Waals surface area contributed by atoms with E-state index in [0.29, 0.717) is 12.1 Å². The number of sulfone groups is 1. The first-order chi connectivity index (χ1) is 18.6. The highest BCUT2D eigenvalue weighted by molar-refractivity contribution is 7.94. The Labute approximate surface area is 245 Å². The van der Waals surface area contributed by atoms with E-state index < -0.39 is 78.0 Å². The van der Waals surface area contributed by atoms with Crippen LogP contribution in [0.3, 0.4) is 0 Å². The fourth-order valence-electron chi connectivity index (χ4n) is 7.05. The van der Waals surface area contributed by atoms with Crippen LogP contribution < -0.4 is 5.32 Å². The number of nitrogens with one attached hydrogen (secondary N) is 1. The van der Waals surface area contributed by atoms with E-state index in [0.717, 1.165) is 6.07 Å². The van der Waals surface area contributed by atoms with Crippen molar-refractivity contribution in [3.63, 3.8) is 0 Å². The van der Waals surface area contributed by atoms with Crippen LogP contribution in [0.5, 0.6) is 0 Å². The van der Waals surface area contributed by atoms with E-state index >= 15 is 0 Å². The van der Waals surface area contributed by atoms with Crippen LogP contribution in [0.25, 0.3) is 0 Å². The van der Waals surface area contributed by atoms with Gasteiger partial charge in [0.2, 0.25) is 0 Å². The number of aliphatic hydroxyl groups excluding tert-OH is 2. The molecular weight excluding hydrogens is 578 g/mol. The molecule has 2 saturated carbocycles. The molecule has 0 spiro atoms. The minimum absolute atomic E-state index is 0.0660. The monoisotopic (exact) mass is 609 g/mol. The number of carbonyl (C=O) groups excluding carboxylic acids is 1. The second kappa shape index (κ2) is 10.1. The minimum Gasteiger partial charge on any atom is -0.391 e. The molecule has 0 saturated heterocycles. The summed E-state index contributed by atoms with van der Waals surface area (Å²) in [7, 11) is 2.98. The number of carbonyl (C=O) groups is 1. The van der Waals surface area contributed by atoms with Crippen LogP contribution in [0.1, 0.15) is 37.0 Å². The Morgan fingerprint density at radius 2 is 1.59 bits per heavy atom. The van der Waals surface area contributed by atoms with E-state index in [9.17, 15) is 41.7 Å². The third-order valence-corrected chi connectivity index (χ3v) is 13.1. The third-order valence-electron chi connectivity index (χ3n) is 10.1. The summed E-state index contributed by atoms with van der Waals surface area (Å²) in [6.45, 7) is 3.28. The Morgan fingerprint density at radius 1 is 1.05 bits per heavy atom. The summed E-state index contributed by atoms with van der Waals surface area (Å²) in [5.41, 5.74) is -2.31. The standard InChI is InChI=1S/C25H31B4ClF3NO6S/c1-10(35)20(36)24(38)17-8-23(27,9-18(24)25(28,29)22(17,2)26)41(39,40)16-5-11(3-4-13(16)30)21(37)34-12-6-14(31)19(33)15(32)7-12/h3-7,10,17-18,20,35-36,38H,8-9,26-29H2,1-2H3,(H,34,37)/t10?,17-,18-,20?,22?,23-,24+/m1/s1. The van der Waals surface area contributed by atoms with E-state index in [4.69, 9.17) is 11.6 Å². The summed E-state index contributed by atoms with van der Waals surface area (Å²) < 4.78 is 67.7. The second-order valence-electron chi connectivity index (χ2n) is 12.8. The van der Waals surface area contributed by atoms with Gasteiger partial charge in [0.25, 0.3) is 5.91 Å². The zero-order valence-electron chi connectivity index (χ0n) is 23.6. The first-order valence-electron chi connectivity index (χ1n) is 13.2. The molecule has 0 radical (unpaired) electrons. The number of anilines is 1. The average molecular weight is 609 g/mol. The van der Waals surface area contributed by atoms with Crippen LogP contribution in [0, 0.1) is 29.3 Å². The molecule has 2 aromatic carbocycles. The van der Waals surface area contributed by atoms with Crippen molar-refractivity contribution in [2.45, 2.75) is 64.6 Å². The van der Waals surface area contributed by atoms with Crippen molar-refractivity contribution in [3.05, 3.63) is 58.4 Å². The van der Waals surface area contributed by atoms with Crippen molar-refractivity contribution < 1.29 is 41.7 Å². The topological polar surface area (TPSA) is 124 Å². The Balaban J connectivity index is 1.74. The molecular formula is C25H31B4ClF3NO6S. The maximum absolute atomic E-state index is 14.3. The van der Waals surface area contributed by atoms with Crippen molar-refractivity contribution in [3.8, 4) is 0 Å². The lowest BCUT2D eigenvalue weighted by Gasteiger charge is -2.52. The van der Waals surface area contributed by atoms with E-state index in [-0.39, 0.29) is 34.0 Å². The number of fused-ring (bicyclic) bond motifs is 2. The Morgan fingerprint density at radius 3 is 2.10 bits per heavy atom. The van der Waals surface area contributed by atoms with Gasteiger partial charge in [0.1, 0.15) is 21.8 Å². The first-order valence-corrected chi connectivity index (χ1v) is 15.1. The van der Waals surface area contributed by atoms with Gasteiger partial charge in [0.15, 0.2) is 27.3 Å². The predicted molar refractivity (Wildman–Crippen MR) is 160 cm³/mol. The fraction of sp³-hybridized carbons (Fsp3) is 0.480. The summed E-state index contributed by atoms with van der Waals surface area (Å²) in [5, 5.41) is 33.9. The summed E-state index contributed by atoms with van der Waals surface area (Å²) in [6.07, 6.45) is -2.90. The van der Waals surface area contributed by atoms with Gasteiger partial charge in [0, 0.05) is 28.0 Å². The average Bonchev–Trinajstić information content (AvgIpc) is 2.92. The molecule has 7 atom stereocenters. The van der Waals surface area contributed by atoms with Gasteiger partial charge in [-0.15, -0.1) is 0 Å². The van der Waals surface area contributed by atoms with Crippen molar-refractivity contribution in [2.75, 3.05) is 5.32 Å². The van der Waals surface area contributed by atoms with Crippen LogP contribution in [-0.4, -0.2) is 83.5 Å². The molecule has 0 heterocycles. The molecule has 2 fully saturated rings. The van der Waals surface area contributed by atoms with E-state index in [1.165, 1.54) is 19.1 Å². The molecule has 16 heteroatoms. The van der Waals surface area contributed by atoms with Crippen LogP contribution in [0.2, 0.25) is 15.6 Å². The molecule has 218 valence electrons. The van der Waals surface area contributed by atoms with Gasteiger partial charge in [-0.1, -0.05) is 29.1 Å². The van der Waals surface area contributed by atoms with Gasteiger partial charge in [-0.3, -0.25) is 4.79 Å². The lowest BCUT2D eigenvalue weighted by Crippen LogP contribution is -2.63. The molecule has 2 bridgehead atoms. The van der Waals surface area contributed by atoms with Crippen molar-refractivity contribution in [1.82, 2.24) is 0 Å². The highest BCUT2D eigenvalue weighted by Gasteiger charge is 2.74. The van der Waals surface area contributed by atoms with E-state index in [1.54, 1.807) is 7.85 Å². The zero-order valence-corrected chi connectivity index (χ0v) is 25.2. The molecule has 4 rings (SSSR count). The molecule has 2 aromatic rings. The smallest absolute Gasteiger partial charge is 0.255 e. The number of rotatable bonds is 6. The van der Waals surface area contributed by atoms with Crippen molar-refractivity contribution >= 4 is 64.4 Å². The van der Waals surface area contributed by atoms with Crippen LogP contribution >= 0.6 is 11.6 Å². The SMILES string of the molecule is BC1(B)[C@@H]2C[C@](B)(S(=O)(=O)c3cc(C(=O)Nc4cc(F)c(F)c(F)c4)ccc3Cl)C[C@H](C1(B)C)[C@@]2(O)C(O)C(C)O. The summed E-state index contributed by atoms with van der Waals surface area (Å²) in [6, 6.07) is 4.71. The lowest BCUT2D eigenvalue weighted by atomic mass is 9.35.